The highest BCUT2D eigenvalue weighted by Crippen LogP contribution is 2.24. The Balaban J connectivity index is 2.36. The molecule has 0 aliphatic heterocycles. The van der Waals surface area contributed by atoms with Crippen LogP contribution in [0, 0.1) is 13.8 Å². The van der Waals surface area contributed by atoms with Gasteiger partial charge in [-0.1, -0.05) is 24.3 Å². The van der Waals surface area contributed by atoms with Crippen molar-refractivity contribution in [3.63, 3.8) is 0 Å². The quantitative estimate of drug-likeness (QED) is 0.806. The SMILES string of the molecule is Cc1cccc(N(C)C(=O)c2cccc(C)c2Br)c1. The Morgan fingerprint density at radius 3 is 2.47 bits per heavy atom. The Hall–Kier alpha value is -1.61. The zero-order valence-electron chi connectivity index (χ0n) is 11.3. The normalized spacial score (nSPS) is 10.3. The number of amides is 1. The van der Waals surface area contributed by atoms with Gasteiger partial charge in [-0.25, -0.2) is 0 Å². The van der Waals surface area contributed by atoms with Crippen LogP contribution in [0.4, 0.5) is 5.69 Å². The van der Waals surface area contributed by atoms with E-state index in [-0.39, 0.29) is 5.91 Å². The standard InChI is InChI=1S/C16H16BrNO/c1-11-6-4-8-13(10-11)18(3)16(19)14-9-5-7-12(2)15(14)17/h4-10H,1-3H3. The summed E-state index contributed by atoms with van der Waals surface area (Å²) in [5.74, 6) is -0.0128. The Labute approximate surface area is 122 Å². The van der Waals surface area contributed by atoms with Gasteiger partial charge in [0.1, 0.15) is 0 Å². The van der Waals surface area contributed by atoms with E-state index in [1.165, 1.54) is 0 Å². The van der Waals surface area contributed by atoms with Crippen LogP contribution in [-0.4, -0.2) is 13.0 Å². The fourth-order valence-electron chi connectivity index (χ4n) is 1.95. The average molecular weight is 318 g/mol. The summed E-state index contributed by atoms with van der Waals surface area (Å²) in [4.78, 5) is 14.2. The van der Waals surface area contributed by atoms with Gasteiger partial charge in [-0.05, 0) is 59.1 Å². The molecular weight excluding hydrogens is 302 g/mol. The van der Waals surface area contributed by atoms with E-state index >= 15 is 0 Å². The number of carbonyl (C=O) groups is 1. The molecule has 0 N–H and O–H groups in total. The molecule has 2 aromatic rings. The van der Waals surface area contributed by atoms with Crippen molar-refractivity contribution in [2.75, 3.05) is 11.9 Å². The Morgan fingerprint density at radius 1 is 1.11 bits per heavy atom. The number of carbonyl (C=O) groups excluding carboxylic acids is 1. The number of halogens is 1. The highest BCUT2D eigenvalue weighted by Gasteiger charge is 2.16. The Kier molecular flexibility index (Phi) is 4.05. The topological polar surface area (TPSA) is 20.3 Å². The van der Waals surface area contributed by atoms with Crippen molar-refractivity contribution < 1.29 is 4.79 Å². The van der Waals surface area contributed by atoms with Crippen molar-refractivity contribution >= 4 is 27.5 Å². The lowest BCUT2D eigenvalue weighted by Gasteiger charge is -2.19. The highest BCUT2D eigenvalue weighted by atomic mass is 79.9. The molecule has 0 aliphatic rings. The maximum Gasteiger partial charge on any atom is 0.259 e. The molecule has 0 bridgehead atoms. The van der Waals surface area contributed by atoms with Gasteiger partial charge < -0.3 is 4.90 Å². The van der Waals surface area contributed by atoms with Crippen molar-refractivity contribution in [3.05, 3.63) is 63.6 Å². The lowest BCUT2D eigenvalue weighted by atomic mass is 10.1. The first-order valence-corrected chi connectivity index (χ1v) is 6.90. The van der Waals surface area contributed by atoms with Gasteiger partial charge in [0.25, 0.3) is 5.91 Å². The molecule has 0 saturated carbocycles. The molecular formula is C16H16BrNO. The van der Waals surface area contributed by atoms with Crippen molar-refractivity contribution in [2.45, 2.75) is 13.8 Å². The molecule has 0 unspecified atom stereocenters. The van der Waals surface area contributed by atoms with Crippen LogP contribution in [0.15, 0.2) is 46.9 Å². The van der Waals surface area contributed by atoms with E-state index in [1.807, 2.05) is 56.3 Å². The molecule has 0 saturated heterocycles. The summed E-state index contributed by atoms with van der Waals surface area (Å²) in [6, 6.07) is 13.6. The molecule has 1 amide bonds. The van der Waals surface area contributed by atoms with Gasteiger partial charge in [-0.2, -0.15) is 0 Å². The summed E-state index contributed by atoms with van der Waals surface area (Å²) in [6.45, 7) is 4.00. The molecule has 19 heavy (non-hydrogen) atoms. The third kappa shape index (κ3) is 2.87. The van der Waals surface area contributed by atoms with E-state index in [1.54, 1.807) is 11.9 Å². The second kappa shape index (κ2) is 5.57. The van der Waals surface area contributed by atoms with Gasteiger partial charge in [0.05, 0.1) is 5.56 Å². The fourth-order valence-corrected chi connectivity index (χ4v) is 2.38. The minimum absolute atomic E-state index is 0.0128. The number of benzene rings is 2. The van der Waals surface area contributed by atoms with Crippen molar-refractivity contribution in [1.82, 2.24) is 0 Å². The van der Waals surface area contributed by atoms with Crippen molar-refractivity contribution in [2.24, 2.45) is 0 Å². The predicted octanol–water partition coefficient (Wildman–Crippen LogP) is 4.34. The zero-order valence-corrected chi connectivity index (χ0v) is 12.9. The molecule has 2 rings (SSSR count). The summed E-state index contributed by atoms with van der Waals surface area (Å²) in [5.41, 5.74) is 3.78. The monoisotopic (exact) mass is 317 g/mol. The molecule has 2 aromatic carbocycles. The number of rotatable bonds is 2. The van der Waals surface area contributed by atoms with Gasteiger partial charge >= 0.3 is 0 Å². The highest BCUT2D eigenvalue weighted by molar-refractivity contribution is 9.10. The minimum Gasteiger partial charge on any atom is -0.311 e. The number of hydrogen-bond donors (Lipinski definition) is 0. The lowest BCUT2D eigenvalue weighted by Crippen LogP contribution is -2.26. The predicted molar refractivity (Wildman–Crippen MR) is 82.8 cm³/mol. The summed E-state index contributed by atoms with van der Waals surface area (Å²) in [5, 5.41) is 0. The van der Waals surface area contributed by atoms with Gasteiger partial charge in [0.2, 0.25) is 0 Å². The van der Waals surface area contributed by atoms with Crippen LogP contribution in [0.2, 0.25) is 0 Å². The summed E-state index contributed by atoms with van der Waals surface area (Å²) < 4.78 is 0.861. The van der Waals surface area contributed by atoms with E-state index in [4.69, 9.17) is 0 Å². The molecule has 0 spiro atoms. The molecule has 2 nitrogen and oxygen atoms in total. The van der Waals surface area contributed by atoms with E-state index in [9.17, 15) is 4.79 Å². The van der Waals surface area contributed by atoms with Gasteiger partial charge in [0, 0.05) is 17.2 Å². The summed E-state index contributed by atoms with van der Waals surface area (Å²) >= 11 is 3.49. The largest absolute Gasteiger partial charge is 0.311 e. The molecule has 0 radical (unpaired) electrons. The van der Waals surface area contributed by atoms with E-state index in [0.717, 1.165) is 21.3 Å². The summed E-state index contributed by atoms with van der Waals surface area (Å²) in [7, 11) is 1.80. The van der Waals surface area contributed by atoms with Crippen LogP contribution in [0.25, 0.3) is 0 Å². The summed E-state index contributed by atoms with van der Waals surface area (Å²) in [6.07, 6.45) is 0. The second-order valence-corrected chi connectivity index (χ2v) is 5.43. The second-order valence-electron chi connectivity index (χ2n) is 4.64. The Bertz CT molecular complexity index is 622. The molecule has 0 aromatic heterocycles. The first kappa shape index (κ1) is 13.8. The Morgan fingerprint density at radius 2 is 1.79 bits per heavy atom. The molecule has 3 heteroatoms. The van der Waals surface area contributed by atoms with Crippen LogP contribution in [0.3, 0.4) is 0 Å². The van der Waals surface area contributed by atoms with Gasteiger partial charge in [-0.3, -0.25) is 4.79 Å². The third-order valence-electron chi connectivity index (χ3n) is 3.12. The van der Waals surface area contributed by atoms with Crippen LogP contribution in [0.1, 0.15) is 21.5 Å². The maximum absolute atomic E-state index is 12.5. The first-order valence-electron chi connectivity index (χ1n) is 6.10. The zero-order chi connectivity index (χ0) is 14.0. The van der Waals surface area contributed by atoms with Gasteiger partial charge in [0.15, 0.2) is 0 Å². The molecule has 0 aliphatic carbocycles. The number of hydrogen-bond acceptors (Lipinski definition) is 1. The number of aryl methyl sites for hydroxylation is 2. The van der Waals surface area contributed by atoms with E-state index in [0.29, 0.717) is 5.56 Å². The average Bonchev–Trinajstić information content (AvgIpc) is 2.40. The molecule has 0 fully saturated rings. The van der Waals surface area contributed by atoms with Crippen molar-refractivity contribution in [1.29, 1.82) is 0 Å². The van der Waals surface area contributed by atoms with Crippen molar-refractivity contribution in [3.8, 4) is 0 Å². The minimum atomic E-state index is -0.0128. The lowest BCUT2D eigenvalue weighted by molar-refractivity contribution is 0.0992. The van der Waals surface area contributed by atoms with Crippen LogP contribution >= 0.6 is 15.9 Å². The molecule has 0 atom stereocenters. The molecule has 98 valence electrons. The fraction of sp³-hybridized carbons (Fsp3) is 0.188. The number of nitrogens with zero attached hydrogens (tertiary/aromatic N) is 1. The number of anilines is 1. The van der Waals surface area contributed by atoms with E-state index in [2.05, 4.69) is 15.9 Å². The maximum atomic E-state index is 12.5. The third-order valence-corrected chi connectivity index (χ3v) is 4.17. The van der Waals surface area contributed by atoms with E-state index < -0.39 is 0 Å². The first-order chi connectivity index (χ1) is 9.00. The van der Waals surface area contributed by atoms with Crippen LogP contribution in [0.5, 0.6) is 0 Å². The van der Waals surface area contributed by atoms with Crippen LogP contribution in [-0.2, 0) is 0 Å². The smallest absolute Gasteiger partial charge is 0.259 e. The van der Waals surface area contributed by atoms with Crippen LogP contribution < -0.4 is 4.90 Å². The molecule has 0 heterocycles. The van der Waals surface area contributed by atoms with Gasteiger partial charge in [-0.15, -0.1) is 0 Å².